The Kier molecular flexibility index (Phi) is 3.65. The van der Waals surface area contributed by atoms with Crippen molar-refractivity contribution in [3.05, 3.63) is 59.2 Å². The van der Waals surface area contributed by atoms with Gasteiger partial charge in [-0.2, -0.15) is 0 Å². The van der Waals surface area contributed by atoms with Gasteiger partial charge in [-0.1, -0.05) is 32.0 Å². The van der Waals surface area contributed by atoms with Gasteiger partial charge in [-0.25, -0.2) is 0 Å². The van der Waals surface area contributed by atoms with E-state index in [1.54, 1.807) is 0 Å². The molecule has 2 N–H and O–H groups in total. The summed E-state index contributed by atoms with van der Waals surface area (Å²) in [5, 5.41) is 6.25. The van der Waals surface area contributed by atoms with Crippen molar-refractivity contribution < 1.29 is 4.79 Å². The van der Waals surface area contributed by atoms with Crippen LogP contribution in [0.15, 0.2) is 42.5 Å². The summed E-state index contributed by atoms with van der Waals surface area (Å²) in [5.74, 6) is 0.432. The van der Waals surface area contributed by atoms with E-state index in [0.717, 1.165) is 24.3 Å². The second-order valence-corrected chi connectivity index (χ2v) is 5.78. The second kappa shape index (κ2) is 5.60. The maximum absolute atomic E-state index is 12.3. The number of carbonyl (C=O) groups excluding carboxylic acids is 1. The Balaban J connectivity index is 1.74. The molecule has 21 heavy (non-hydrogen) atoms. The summed E-state index contributed by atoms with van der Waals surface area (Å²) in [4.78, 5) is 12.3. The van der Waals surface area contributed by atoms with Crippen LogP contribution in [-0.2, 0) is 6.42 Å². The molecule has 3 nitrogen and oxygen atoms in total. The third-order valence-corrected chi connectivity index (χ3v) is 3.92. The maximum Gasteiger partial charge on any atom is 0.255 e. The molecule has 2 aromatic carbocycles. The Morgan fingerprint density at radius 2 is 1.90 bits per heavy atom. The van der Waals surface area contributed by atoms with Crippen LogP contribution in [0.2, 0.25) is 0 Å². The summed E-state index contributed by atoms with van der Waals surface area (Å²) < 4.78 is 0. The monoisotopic (exact) mass is 280 g/mol. The molecule has 0 aliphatic carbocycles. The van der Waals surface area contributed by atoms with E-state index in [9.17, 15) is 4.79 Å². The zero-order chi connectivity index (χ0) is 14.8. The minimum Gasteiger partial charge on any atom is -0.384 e. The predicted molar refractivity (Wildman–Crippen MR) is 87.1 cm³/mol. The highest BCUT2D eigenvalue weighted by Crippen LogP contribution is 2.24. The number of rotatable bonds is 3. The fourth-order valence-electron chi connectivity index (χ4n) is 2.59. The van der Waals surface area contributed by atoms with Crippen LogP contribution in [0.5, 0.6) is 0 Å². The molecule has 0 unspecified atom stereocenters. The van der Waals surface area contributed by atoms with E-state index in [2.05, 4.69) is 36.6 Å². The summed E-state index contributed by atoms with van der Waals surface area (Å²) in [6.45, 7) is 5.27. The van der Waals surface area contributed by atoms with E-state index >= 15 is 0 Å². The first-order chi connectivity index (χ1) is 10.1. The molecule has 0 atom stereocenters. The van der Waals surface area contributed by atoms with Gasteiger partial charge in [0.25, 0.3) is 5.91 Å². The number of amides is 1. The molecular formula is C18H20N2O. The van der Waals surface area contributed by atoms with E-state index in [-0.39, 0.29) is 5.91 Å². The molecule has 0 bridgehead atoms. The smallest absolute Gasteiger partial charge is 0.255 e. The molecule has 108 valence electrons. The van der Waals surface area contributed by atoms with Crippen molar-refractivity contribution in [1.29, 1.82) is 0 Å². The zero-order valence-electron chi connectivity index (χ0n) is 12.4. The predicted octanol–water partition coefficient (Wildman–Crippen LogP) is 4.03. The number of nitrogens with one attached hydrogen (secondary N) is 2. The minimum absolute atomic E-state index is 0.0659. The quantitative estimate of drug-likeness (QED) is 0.891. The lowest BCUT2D eigenvalue weighted by Gasteiger charge is -2.09. The van der Waals surface area contributed by atoms with Crippen LogP contribution >= 0.6 is 0 Å². The number of benzene rings is 2. The van der Waals surface area contributed by atoms with Gasteiger partial charge >= 0.3 is 0 Å². The van der Waals surface area contributed by atoms with Crippen LogP contribution in [0.3, 0.4) is 0 Å². The molecule has 0 fully saturated rings. The molecule has 0 radical (unpaired) electrons. The Hall–Kier alpha value is -2.29. The standard InChI is InChI=1S/C18H20N2O/c1-12(2)13-5-7-16(8-6-13)20-18(21)15-4-3-14-9-10-19-17(14)11-15/h3-8,11-12,19H,9-10H2,1-2H3,(H,20,21). The third-order valence-electron chi connectivity index (χ3n) is 3.92. The molecule has 0 spiro atoms. The Morgan fingerprint density at radius 3 is 2.62 bits per heavy atom. The number of fused-ring (bicyclic) bond motifs is 1. The van der Waals surface area contributed by atoms with Gasteiger partial charge in [0.05, 0.1) is 0 Å². The summed E-state index contributed by atoms with van der Waals surface area (Å²) in [6, 6.07) is 13.9. The lowest BCUT2D eigenvalue weighted by molar-refractivity contribution is 0.102. The molecule has 0 saturated carbocycles. The summed E-state index contributed by atoms with van der Waals surface area (Å²) in [7, 11) is 0. The molecule has 1 aliphatic rings. The Bertz CT molecular complexity index is 659. The molecule has 3 heteroatoms. The first kappa shape index (κ1) is 13.7. The SMILES string of the molecule is CC(C)c1ccc(NC(=O)c2ccc3c(c2)NCC3)cc1. The number of hydrogen-bond acceptors (Lipinski definition) is 2. The van der Waals surface area contributed by atoms with Gasteiger partial charge in [-0.3, -0.25) is 4.79 Å². The van der Waals surface area contributed by atoms with Crippen LogP contribution in [0, 0.1) is 0 Å². The summed E-state index contributed by atoms with van der Waals surface area (Å²) >= 11 is 0. The number of anilines is 2. The van der Waals surface area contributed by atoms with Crippen molar-refractivity contribution in [2.75, 3.05) is 17.2 Å². The van der Waals surface area contributed by atoms with Crippen LogP contribution in [-0.4, -0.2) is 12.5 Å². The van der Waals surface area contributed by atoms with E-state index in [1.807, 2.05) is 30.3 Å². The van der Waals surface area contributed by atoms with E-state index in [1.165, 1.54) is 11.1 Å². The van der Waals surface area contributed by atoms with Crippen LogP contribution < -0.4 is 10.6 Å². The molecule has 1 amide bonds. The molecule has 2 aromatic rings. The van der Waals surface area contributed by atoms with Crippen LogP contribution in [0.4, 0.5) is 11.4 Å². The van der Waals surface area contributed by atoms with Crippen molar-refractivity contribution in [3.63, 3.8) is 0 Å². The van der Waals surface area contributed by atoms with Gasteiger partial charge in [0.15, 0.2) is 0 Å². The van der Waals surface area contributed by atoms with Crippen molar-refractivity contribution in [3.8, 4) is 0 Å². The molecule has 1 aliphatic heterocycles. The second-order valence-electron chi connectivity index (χ2n) is 5.78. The van der Waals surface area contributed by atoms with Gasteiger partial charge in [-0.05, 0) is 47.7 Å². The van der Waals surface area contributed by atoms with E-state index in [4.69, 9.17) is 0 Å². The zero-order valence-corrected chi connectivity index (χ0v) is 12.4. The first-order valence-corrected chi connectivity index (χ1v) is 7.41. The number of hydrogen-bond donors (Lipinski definition) is 2. The topological polar surface area (TPSA) is 41.1 Å². The highest BCUT2D eigenvalue weighted by atomic mass is 16.1. The van der Waals surface area contributed by atoms with Crippen LogP contribution in [0.25, 0.3) is 0 Å². The fraction of sp³-hybridized carbons (Fsp3) is 0.278. The third kappa shape index (κ3) is 2.92. The van der Waals surface area contributed by atoms with Crippen molar-refractivity contribution in [2.45, 2.75) is 26.2 Å². The molecular weight excluding hydrogens is 260 g/mol. The summed E-state index contributed by atoms with van der Waals surface area (Å²) in [6.07, 6.45) is 1.04. The average Bonchev–Trinajstić information content (AvgIpc) is 2.95. The Morgan fingerprint density at radius 1 is 1.14 bits per heavy atom. The highest BCUT2D eigenvalue weighted by molar-refractivity contribution is 6.05. The largest absolute Gasteiger partial charge is 0.384 e. The molecule has 1 heterocycles. The molecule has 0 aromatic heterocycles. The van der Waals surface area contributed by atoms with Crippen molar-refractivity contribution in [1.82, 2.24) is 0 Å². The fourth-order valence-corrected chi connectivity index (χ4v) is 2.59. The van der Waals surface area contributed by atoms with Gasteiger partial charge < -0.3 is 10.6 Å². The summed E-state index contributed by atoms with van der Waals surface area (Å²) in [5.41, 5.74) is 5.16. The van der Waals surface area contributed by atoms with Gasteiger partial charge in [0.1, 0.15) is 0 Å². The van der Waals surface area contributed by atoms with Crippen molar-refractivity contribution in [2.24, 2.45) is 0 Å². The Labute approximate surface area is 125 Å². The van der Waals surface area contributed by atoms with Gasteiger partial charge in [-0.15, -0.1) is 0 Å². The van der Waals surface area contributed by atoms with E-state index in [0.29, 0.717) is 11.5 Å². The highest BCUT2D eigenvalue weighted by Gasteiger charge is 2.13. The lowest BCUT2D eigenvalue weighted by Crippen LogP contribution is -2.12. The molecule has 0 saturated heterocycles. The first-order valence-electron chi connectivity index (χ1n) is 7.41. The maximum atomic E-state index is 12.3. The van der Waals surface area contributed by atoms with Gasteiger partial charge in [0.2, 0.25) is 0 Å². The molecule has 3 rings (SSSR count). The van der Waals surface area contributed by atoms with Gasteiger partial charge in [0, 0.05) is 23.5 Å². The minimum atomic E-state index is -0.0659. The van der Waals surface area contributed by atoms with E-state index < -0.39 is 0 Å². The van der Waals surface area contributed by atoms with Crippen molar-refractivity contribution >= 4 is 17.3 Å². The lowest BCUT2D eigenvalue weighted by atomic mass is 10.0. The average molecular weight is 280 g/mol. The van der Waals surface area contributed by atoms with Crippen LogP contribution in [0.1, 0.15) is 41.3 Å². The normalized spacial score (nSPS) is 12.9. The number of carbonyl (C=O) groups is 1.